The van der Waals surface area contributed by atoms with Gasteiger partial charge in [0.05, 0.1) is 23.5 Å². The smallest absolute Gasteiger partial charge is 0.194 e. The molecule has 0 radical (unpaired) electrons. The number of hydrogen-bond donors (Lipinski definition) is 2. The Balaban J connectivity index is 2.09. The first-order chi connectivity index (χ1) is 7.77. The molecule has 0 aliphatic carbocycles. The number of aromatic nitrogens is 2. The Morgan fingerprint density at radius 3 is 3.31 bits per heavy atom. The Kier molecular flexibility index (Phi) is 2.46. The summed E-state index contributed by atoms with van der Waals surface area (Å²) in [5.74, 6) is 0. The molecule has 0 spiro atoms. The number of nitrogens with one attached hydrogen (secondary N) is 1. The molecule has 1 aliphatic rings. The van der Waals surface area contributed by atoms with Gasteiger partial charge in [0.2, 0.25) is 0 Å². The Hall–Kier alpha value is -0.910. The zero-order valence-electron chi connectivity index (χ0n) is 9.18. The molecule has 0 amide bonds. The molecule has 0 saturated carbocycles. The van der Waals surface area contributed by atoms with Crippen LogP contribution in [0.15, 0.2) is 11.6 Å². The van der Waals surface area contributed by atoms with Gasteiger partial charge in [0, 0.05) is 11.6 Å². The summed E-state index contributed by atoms with van der Waals surface area (Å²) in [6.45, 7) is 2.98. The van der Waals surface area contributed by atoms with E-state index in [2.05, 4.69) is 14.7 Å². The lowest BCUT2D eigenvalue weighted by Gasteiger charge is -2.29. The van der Waals surface area contributed by atoms with Crippen molar-refractivity contribution in [2.75, 3.05) is 6.54 Å². The van der Waals surface area contributed by atoms with Crippen molar-refractivity contribution in [3.8, 4) is 0 Å². The Labute approximate surface area is 97.9 Å². The van der Waals surface area contributed by atoms with Crippen molar-refractivity contribution >= 4 is 16.3 Å². The number of thiazole rings is 1. The molecule has 2 aromatic heterocycles. The summed E-state index contributed by atoms with van der Waals surface area (Å²) in [7, 11) is 0. The minimum atomic E-state index is -0.299. The molecule has 5 heteroatoms. The predicted molar refractivity (Wildman–Crippen MR) is 63.8 cm³/mol. The summed E-state index contributed by atoms with van der Waals surface area (Å²) in [6, 6.07) is 0.0262. The van der Waals surface area contributed by atoms with Gasteiger partial charge in [0.1, 0.15) is 0 Å². The first-order valence-electron chi connectivity index (χ1n) is 5.61. The van der Waals surface area contributed by atoms with E-state index in [-0.39, 0.29) is 12.1 Å². The highest BCUT2D eigenvalue weighted by atomic mass is 32.1. The number of fused-ring (bicyclic) bond motifs is 1. The molecule has 16 heavy (non-hydrogen) atoms. The van der Waals surface area contributed by atoms with Crippen LogP contribution in [-0.2, 0) is 0 Å². The predicted octanol–water partition coefficient (Wildman–Crippen LogP) is 1.49. The van der Waals surface area contributed by atoms with Crippen LogP contribution >= 0.6 is 11.3 Å². The minimum Gasteiger partial charge on any atom is -0.391 e. The number of nitrogens with zero attached hydrogens (tertiary/aromatic N) is 2. The third kappa shape index (κ3) is 1.47. The molecular formula is C11H15N3OS. The van der Waals surface area contributed by atoms with Gasteiger partial charge in [-0.3, -0.25) is 4.40 Å². The third-order valence-electron chi connectivity index (χ3n) is 3.20. The molecule has 2 N–H and O–H groups in total. The fourth-order valence-corrected chi connectivity index (χ4v) is 3.20. The molecule has 0 bridgehead atoms. The highest BCUT2D eigenvalue weighted by molar-refractivity contribution is 7.15. The van der Waals surface area contributed by atoms with Crippen molar-refractivity contribution in [2.45, 2.75) is 31.9 Å². The Morgan fingerprint density at radius 2 is 2.50 bits per heavy atom. The van der Waals surface area contributed by atoms with Crippen LogP contribution in [0.3, 0.4) is 0 Å². The largest absolute Gasteiger partial charge is 0.391 e. The van der Waals surface area contributed by atoms with E-state index in [0.717, 1.165) is 35.7 Å². The van der Waals surface area contributed by atoms with Crippen molar-refractivity contribution in [3.63, 3.8) is 0 Å². The summed E-state index contributed by atoms with van der Waals surface area (Å²) in [5, 5.41) is 15.5. The molecule has 2 unspecified atom stereocenters. The molecule has 2 aromatic rings. The Morgan fingerprint density at radius 1 is 1.62 bits per heavy atom. The SMILES string of the molecule is Cc1nc2sccn2c1C1NCCCC1O. The van der Waals surface area contributed by atoms with E-state index in [1.807, 2.05) is 18.5 Å². The third-order valence-corrected chi connectivity index (χ3v) is 3.96. The van der Waals surface area contributed by atoms with Gasteiger partial charge in [-0.05, 0) is 26.3 Å². The van der Waals surface area contributed by atoms with Crippen molar-refractivity contribution < 1.29 is 5.11 Å². The maximum Gasteiger partial charge on any atom is 0.194 e. The van der Waals surface area contributed by atoms with Crippen LogP contribution in [0.25, 0.3) is 4.96 Å². The number of piperidine rings is 1. The second kappa shape index (κ2) is 3.84. The van der Waals surface area contributed by atoms with Crippen LogP contribution in [-0.4, -0.2) is 27.1 Å². The molecule has 1 saturated heterocycles. The first kappa shape index (κ1) is 10.3. The van der Waals surface area contributed by atoms with Crippen molar-refractivity contribution in [2.24, 2.45) is 0 Å². The van der Waals surface area contributed by atoms with Crippen LogP contribution < -0.4 is 5.32 Å². The van der Waals surface area contributed by atoms with E-state index in [1.54, 1.807) is 11.3 Å². The van der Waals surface area contributed by atoms with E-state index in [0.29, 0.717) is 0 Å². The van der Waals surface area contributed by atoms with E-state index in [4.69, 9.17) is 0 Å². The van der Waals surface area contributed by atoms with E-state index < -0.39 is 0 Å². The van der Waals surface area contributed by atoms with Crippen LogP contribution in [0.1, 0.15) is 30.3 Å². The lowest BCUT2D eigenvalue weighted by molar-refractivity contribution is 0.0941. The zero-order valence-corrected chi connectivity index (χ0v) is 10.00. The van der Waals surface area contributed by atoms with Crippen molar-refractivity contribution in [1.29, 1.82) is 0 Å². The molecule has 3 heterocycles. The van der Waals surface area contributed by atoms with Gasteiger partial charge in [0.25, 0.3) is 0 Å². The van der Waals surface area contributed by atoms with Crippen LogP contribution in [0.5, 0.6) is 0 Å². The van der Waals surface area contributed by atoms with Gasteiger partial charge in [-0.25, -0.2) is 4.98 Å². The summed E-state index contributed by atoms with van der Waals surface area (Å²) in [6.07, 6.45) is 3.64. The highest BCUT2D eigenvalue weighted by Gasteiger charge is 2.28. The molecular weight excluding hydrogens is 222 g/mol. The molecule has 1 aliphatic heterocycles. The second-order valence-electron chi connectivity index (χ2n) is 4.28. The van der Waals surface area contributed by atoms with Gasteiger partial charge in [-0.1, -0.05) is 0 Å². The standard InChI is InChI=1S/C11H15N3OS/c1-7-10(9-8(15)3-2-4-12-9)14-5-6-16-11(14)13-7/h5-6,8-9,12,15H,2-4H2,1H3. The van der Waals surface area contributed by atoms with Gasteiger partial charge < -0.3 is 10.4 Å². The second-order valence-corrected chi connectivity index (χ2v) is 5.15. The summed E-state index contributed by atoms with van der Waals surface area (Å²) in [4.78, 5) is 5.52. The average Bonchev–Trinajstić information content (AvgIpc) is 2.79. The molecule has 1 fully saturated rings. The van der Waals surface area contributed by atoms with Gasteiger partial charge in [-0.2, -0.15) is 0 Å². The number of aliphatic hydroxyl groups excluding tert-OH is 1. The van der Waals surface area contributed by atoms with Gasteiger partial charge in [-0.15, -0.1) is 11.3 Å². The topological polar surface area (TPSA) is 49.6 Å². The monoisotopic (exact) mass is 237 g/mol. The van der Waals surface area contributed by atoms with E-state index in [9.17, 15) is 5.11 Å². The lowest BCUT2D eigenvalue weighted by atomic mass is 9.97. The Bertz CT molecular complexity index is 504. The molecule has 3 rings (SSSR count). The number of aliphatic hydroxyl groups is 1. The van der Waals surface area contributed by atoms with Gasteiger partial charge in [0.15, 0.2) is 4.96 Å². The summed E-state index contributed by atoms with van der Waals surface area (Å²) < 4.78 is 2.09. The molecule has 0 aromatic carbocycles. The molecule has 2 atom stereocenters. The molecule has 4 nitrogen and oxygen atoms in total. The highest BCUT2D eigenvalue weighted by Crippen LogP contribution is 2.28. The maximum absolute atomic E-state index is 10.1. The number of aryl methyl sites for hydroxylation is 1. The summed E-state index contributed by atoms with van der Waals surface area (Å²) >= 11 is 1.63. The fraction of sp³-hybridized carbons (Fsp3) is 0.545. The van der Waals surface area contributed by atoms with Gasteiger partial charge >= 0.3 is 0 Å². The van der Waals surface area contributed by atoms with Crippen molar-refractivity contribution in [1.82, 2.24) is 14.7 Å². The zero-order chi connectivity index (χ0) is 11.1. The average molecular weight is 237 g/mol. The van der Waals surface area contributed by atoms with Crippen LogP contribution in [0, 0.1) is 6.92 Å². The van der Waals surface area contributed by atoms with Crippen LogP contribution in [0.2, 0.25) is 0 Å². The molecule has 86 valence electrons. The van der Waals surface area contributed by atoms with Crippen molar-refractivity contribution in [3.05, 3.63) is 23.0 Å². The number of rotatable bonds is 1. The number of hydrogen-bond acceptors (Lipinski definition) is 4. The maximum atomic E-state index is 10.1. The lowest BCUT2D eigenvalue weighted by Crippen LogP contribution is -2.38. The quantitative estimate of drug-likeness (QED) is 0.790. The minimum absolute atomic E-state index is 0.0262. The van der Waals surface area contributed by atoms with Crippen LogP contribution in [0.4, 0.5) is 0 Å². The number of imidazole rings is 1. The first-order valence-corrected chi connectivity index (χ1v) is 6.49. The summed E-state index contributed by atoms with van der Waals surface area (Å²) in [5.41, 5.74) is 2.13. The fourth-order valence-electron chi connectivity index (χ4n) is 2.44. The van der Waals surface area contributed by atoms with E-state index >= 15 is 0 Å². The van der Waals surface area contributed by atoms with E-state index in [1.165, 1.54) is 0 Å². The normalized spacial score (nSPS) is 26.4.